The standard InChI is InChI=1S/C10H13NO5S/c12-9-11(6-7-17(13,14)15)16-8-10-4-2-1-3-5-10/h1-5,9H,6-8H2,(H,13,14,15). The van der Waals surface area contributed by atoms with Crippen molar-refractivity contribution in [3.63, 3.8) is 0 Å². The molecule has 0 aliphatic carbocycles. The van der Waals surface area contributed by atoms with Crippen LogP contribution in [0.2, 0.25) is 0 Å². The predicted octanol–water partition coefficient (Wildman–Crippen LogP) is 0.464. The van der Waals surface area contributed by atoms with E-state index in [9.17, 15) is 13.2 Å². The Bertz CT molecular complexity index is 445. The van der Waals surface area contributed by atoms with Crippen LogP contribution in [0.25, 0.3) is 0 Å². The van der Waals surface area contributed by atoms with Crippen molar-refractivity contribution in [2.24, 2.45) is 0 Å². The molecular formula is C10H13NO5S. The van der Waals surface area contributed by atoms with Gasteiger partial charge in [0.25, 0.3) is 10.1 Å². The fourth-order valence-electron chi connectivity index (χ4n) is 1.08. The lowest BCUT2D eigenvalue weighted by molar-refractivity contribution is -0.175. The number of hydrogen-bond donors (Lipinski definition) is 1. The van der Waals surface area contributed by atoms with Gasteiger partial charge in [-0.05, 0) is 5.56 Å². The maximum absolute atomic E-state index is 10.6. The van der Waals surface area contributed by atoms with Gasteiger partial charge in [0.2, 0.25) is 6.41 Å². The summed E-state index contributed by atoms with van der Waals surface area (Å²) in [6.07, 6.45) is 0.369. The van der Waals surface area contributed by atoms with Crippen molar-refractivity contribution in [1.82, 2.24) is 5.06 Å². The first-order chi connectivity index (χ1) is 8.01. The highest BCUT2D eigenvalue weighted by molar-refractivity contribution is 7.85. The van der Waals surface area contributed by atoms with Gasteiger partial charge in [0, 0.05) is 0 Å². The van der Waals surface area contributed by atoms with Gasteiger partial charge in [-0.2, -0.15) is 8.42 Å². The summed E-state index contributed by atoms with van der Waals surface area (Å²) in [5.74, 6) is -0.555. The number of carbonyl (C=O) groups is 1. The molecule has 0 atom stereocenters. The molecule has 1 rings (SSSR count). The summed E-state index contributed by atoms with van der Waals surface area (Å²) in [6.45, 7) is -0.0553. The molecule has 17 heavy (non-hydrogen) atoms. The minimum atomic E-state index is -4.09. The molecule has 0 bridgehead atoms. The Balaban J connectivity index is 2.40. The Hall–Kier alpha value is -1.44. The van der Waals surface area contributed by atoms with Crippen LogP contribution >= 0.6 is 0 Å². The lowest BCUT2D eigenvalue weighted by Gasteiger charge is -2.15. The lowest BCUT2D eigenvalue weighted by Crippen LogP contribution is -2.28. The maximum Gasteiger partial charge on any atom is 0.266 e. The largest absolute Gasteiger partial charge is 0.285 e. The van der Waals surface area contributed by atoms with E-state index in [4.69, 9.17) is 9.39 Å². The SMILES string of the molecule is O=CN(CCS(=O)(=O)O)OCc1ccccc1. The normalized spacial score (nSPS) is 11.1. The summed E-state index contributed by atoms with van der Waals surface area (Å²) in [5, 5.41) is 0.834. The molecule has 94 valence electrons. The molecule has 0 saturated carbocycles. The van der Waals surface area contributed by atoms with Crippen LogP contribution in [0, 0.1) is 0 Å². The maximum atomic E-state index is 10.6. The van der Waals surface area contributed by atoms with E-state index in [2.05, 4.69) is 0 Å². The van der Waals surface area contributed by atoms with Crippen LogP contribution in [0.5, 0.6) is 0 Å². The molecule has 0 fully saturated rings. The molecular weight excluding hydrogens is 246 g/mol. The van der Waals surface area contributed by atoms with Crippen molar-refractivity contribution >= 4 is 16.5 Å². The third-order valence-corrected chi connectivity index (χ3v) is 2.63. The number of nitrogens with zero attached hydrogens (tertiary/aromatic N) is 1. The van der Waals surface area contributed by atoms with Crippen molar-refractivity contribution in [1.29, 1.82) is 0 Å². The zero-order valence-corrected chi connectivity index (χ0v) is 9.84. The minimum Gasteiger partial charge on any atom is -0.285 e. The van der Waals surface area contributed by atoms with Crippen LogP contribution in [0.15, 0.2) is 30.3 Å². The van der Waals surface area contributed by atoms with Crippen LogP contribution in [0.4, 0.5) is 0 Å². The zero-order valence-electron chi connectivity index (χ0n) is 9.02. The number of carbonyl (C=O) groups excluding carboxylic acids is 1. The lowest BCUT2D eigenvalue weighted by atomic mass is 10.2. The van der Waals surface area contributed by atoms with Gasteiger partial charge in [-0.25, -0.2) is 5.06 Å². The summed E-state index contributed by atoms with van der Waals surface area (Å²) in [4.78, 5) is 15.6. The molecule has 1 N–H and O–H groups in total. The highest BCUT2D eigenvalue weighted by Crippen LogP contribution is 2.02. The molecule has 0 aromatic heterocycles. The number of rotatable bonds is 7. The summed E-state index contributed by atoms with van der Waals surface area (Å²) >= 11 is 0. The molecule has 6 nitrogen and oxygen atoms in total. The van der Waals surface area contributed by atoms with Crippen molar-refractivity contribution in [3.05, 3.63) is 35.9 Å². The Morgan fingerprint density at radius 3 is 2.47 bits per heavy atom. The van der Waals surface area contributed by atoms with Crippen LogP contribution in [0.1, 0.15) is 5.56 Å². The van der Waals surface area contributed by atoms with Crippen LogP contribution < -0.4 is 0 Å². The summed E-state index contributed by atoms with van der Waals surface area (Å²) in [7, 11) is -4.09. The molecule has 0 saturated heterocycles. The van der Waals surface area contributed by atoms with E-state index in [0.717, 1.165) is 10.6 Å². The van der Waals surface area contributed by atoms with Crippen molar-refractivity contribution in [2.75, 3.05) is 12.3 Å². The number of benzene rings is 1. The Morgan fingerprint density at radius 1 is 1.29 bits per heavy atom. The summed E-state index contributed by atoms with van der Waals surface area (Å²) in [5.41, 5.74) is 0.853. The number of amides is 1. The average molecular weight is 259 g/mol. The summed E-state index contributed by atoms with van der Waals surface area (Å²) in [6, 6.07) is 9.11. The van der Waals surface area contributed by atoms with Gasteiger partial charge in [-0.15, -0.1) is 0 Å². The van der Waals surface area contributed by atoms with Gasteiger partial charge in [0.05, 0.1) is 12.3 Å². The molecule has 1 aromatic rings. The Morgan fingerprint density at radius 2 is 1.94 bits per heavy atom. The highest BCUT2D eigenvalue weighted by Gasteiger charge is 2.09. The fourth-order valence-corrected chi connectivity index (χ4v) is 1.50. The van der Waals surface area contributed by atoms with Gasteiger partial charge >= 0.3 is 0 Å². The van der Waals surface area contributed by atoms with Gasteiger partial charge in [-0.1, -0.05) is 30.3 Å². The number of hydrogen-bond acceptors (Lipinski definition) is 4. The van der Waals surface area contributed by atoms with Crippen molar-refractivity contribution in [3.8, 4) is 0 Å². The van der Waals surface area contributed by atoms with E-state index >= 15 is 0 Å². The van der Waals surface area contributed by atoms with Crippen LogP contribution in [0.3, 0.4) is 0 Å². The third kappa shape index (κ3) is 6.00. The topological polar surface area (TPSA) is 83.9 Å². The van der Waals surface area contributed by atoms with E-state index in [1.165, 1.54) is 0 Å². The second kappa shape index (κ2) is 6.33. The second-order valence-electron chi connectivity index (χ2n) is 3.29. The van der Waals surface area contributed by atoms with Gasteiger partial charge in [0.15, 0.2) is 0 Å². The molecule has 0 aliphatic rings. The molecule has 1 aromatic carbocycles. The van der Waals surface area contributed by atoms with Gasteiger partial charge < -0.3 is 0 Å². The Kier molecular flexibility index (Phi) is 5.08. The first kappa shape index (κ1) is 13.6. The zero-order chi connectivity index (χ0) is 12.7. The molecule has 0 radical (unpaired) electrons. The van der Waals surface area contributed by atoms with Crippen molar-refractivity contribution < 1.29 is 22.6 Å². The van der Waals surface area contributed by atoms with E-state index in [0.29, 0.717) is 6.41 Å². The van der Waals surface area contributed by atoms with Crippen LogP contribution in [-0.2, 0) is 26.4 Å². The van der Waals surface area contributed by atoms with E-state index in [1.807, 2.05) is 30.3 Å². The fraction of sp³-hybridized carbons (Fsp3) is 0.300. The summed E-state index contributed by atoms with van der Waals surface area (Å²) < 4.78 is 29.5. The molecule has 0 unspecified atom stereocenters. The Labute approximate surface area is 99.5 Å². The quantitative estimate of drug-likeness (QED) is 0.437. The van der Waals surface area contributed by atoms with Crippen molar-refractivity contribution in [2.45, 2.75) is 6.61 Å². The van der Waals surface area contributed by atoms with E-state index < -0.39 is 15.9 Å². The average Bonchev–Trinajstić information content (AvgIpc) is 2.29. The molecule has 0 heterocycles. The van der Waals surface area contributed by atoms with Gasteiger partial charge in [0.1, 0.15) is 6.61 Å². The minimum absolute atomic E-state index is 0.158. The molecule has 0 aliphatic heterocycles. The molecule has 1 amide bonds. The predicted molar refractivity (Wildman–Crippen MR) is 60.4 cm³/mol. The van der Waals surface area contributed by atoms with E-state index in [1.54, 1.807) is 0 Å². The third-order valence-electron chi connectivity index (χ3n) is 1.93. The first-order valence-electron chi connectivity index (χ1n) is 4.85. The smallest absolute Gasteiger partial charge is 0.266 e. The molecule has 0 spiro atoms. The van der Waals surface area contributed by atoms with Crippen LogP contribution in [-0.4, -0.2) is 36.7 Å². The molecule has 7 heteroatoms. The number of hydroxylamine groups is 2. The second-order valence-corrected chi connectivity index (χ2v) is 4.86. The monoisotopic (exact) mass is 259 g/mol. The van der Waals surface area contributed by atoms with Gasteiger partial charge in [-0.3, -0.25) is 14.2 Å². The highest BCUT2D eigenvalue weighted by atomic mass is 32.2. The first-order valence-corrected chi connectivity index (χ1v) is 6.46. The van der Waals surface area contributed by atoms with E-state index in [-0.39, 0.29) is 13.2 Å².